The third-order valence-electron chi connectivity index (χ3n) is 6.73. The van der Waals surface area contributed by atoms with Gasteiger partial charge in [0.15, 0.2) is 0 Å². The average molecular weight is 470 g/mol. The molecule has 0 saturated carbocycles. The second kappa shape index (κ2) is 9.27. The van der Waals surface area contributed by atoms with Gasteiger partial charge >= 0.3 is 0 Å². The summed E-state index contributed by atoms with van der Waals surface area (Å²) in [6, 6.07) is 14.7. The molecule has 0 aromatic heterocycles. The van der Waals surface area contributed by atoms with Gasteiger partial charge in [0.2, 0.25) is 21.8 Å². The number of nitrogens with one attached hydrogen (secondary N) is 1. The molecule has 0 bridgehead atoms. The quantitative estimate of drug-likeness (QED) is 0.728. The standard InChI is InChI=1S/C25H31N3O4S/c1-17-15-22-16-23(9-10-24(22)28(17)19(3)29)33(31,32)27-13-11-21(12-14-27)25(30)26-18(2)20-7-5-4-6-8-20/h4-10,16-18,21H,11-15H2,1-3H3,(H,26,30)/t17-,18+/m1/s1. The van der Waals surface area contributed by atoms with Gasteiger partial charge in [0.25, 0.3) is 0 Å². The maximum absolute atomic E-state index is 13.3. The molecule has 1 N–H and O–H groups in total. The summed E-state index contributed by atoms with van der Waals surface area (Å²) in [5.74, 6) is -0.273. The van der Waals surface area contributed by atoms with Crippen LogP contribution in [0.25, 0.3) is 0 Å². The Morgan fingerprint density at radius 2 is 1.73 bits per heavy atom. The zero-order valence-corrected chi connectivity index (χ0v) is 20.1. The first kappa shape index (κ1) is 23.4. The van der Waals surface area contributed by atoms with E-state index < -0.39 is 10.0 Å². The van der Waals surface area contributed by atoms with Crippen molar-refractivity contribution in [2.45, 2.75) is 57.0 Å². The van der Waals surface area contributed by atoms with Crippen molar-refractivity contribution in [3.8, 4) is 0 Å². The Morgan fingerprint density at radius 1 is 1.06 bits per heavy atom. The number of hydrogen-bond acceptors (Lipinski definition) is 4. The molecular formula is C25H31N3O4S. The van der Waals surface area contributed by atoms with Gasteiger partial charge in [-0.1, -0.05) is 30.3 Å². The molecule has 2 aromatic rings. The summed E-state index contributed by atoms with van der Waals surface area (Å²) in [6.07, 6.45) is 1.62. The molecule has 2 atom stereocenters. The van der Waals surface area contributed by atoms with Gasteiger partial charge in [0, 0.05) is 37.7 Å². The van der Waals surface area contributed by atoms with E-state index in [2.05, 4.69) is 5.32 Å². The minimum Gasteiger partial charge on any atom is -0.349 e. The Hall–Kier alpha value is -2.71. The van der Waals surface area contributed by atoms with Crippen molar-refractivity contribution in [3.63, 3.8) is 0 Å². The normalized spacial score (nSPS) is 20.3. The Kier molecular flexibility index (Phi) is 6.59. The molecule has 1 fully saturated rings. The van der Waals surface area contributed by atoms with Gasteiger partial charge in [-0.25, -0.2) is 8.42 Å². The lowest BCUT2D eigenvalue weighted by Gasteiger charge is -2.31. The number of sulfonamides is 1. The maximum Gasteiger partial charge on any atom is 0.243 e. The molecule has 4 rings (SSSR count). The van der Waals surface area contributed by atoms with Crippen molar-refractivity contribution in [1.82, 2.24) is 9.62 Å². The summed E-state index contributed by atoms with van der Waals surface area (Å²) >= 11 is 0. The van der Waals surface area contributed by atoms with Crippen LogP contribution in [-0.4, -0.2) is 43.7 Å². The van der Waals surface area contributed by atoms with Crippen molar-refractivity contribution >= 4 is 27.5 Å². The Bertz CT molecular complexity index is 1140. The molecule has 0 aliphatic carbocycles. The molecular weight excluding hydrogens is 438 g/mol. The molecule has 8 heteroatoms. The fourth-order valence-corrected chi connectivity index (χ4v) is 6.43. The largest absolute Gasteiger partial charge is 0.349 e. The van der Waals surface area contributed by atoms with E-state index >= 15 is 0 Å². The van der Waals surface area contributed by atoms with Crippen LogP contribution >= 0.6 is 0 Å². The predicted molar refractivity (Wildman–Crippen MR) is 127 cm³/mol. The van der Waals surface area contributed by atoms with E-state index in [9.17, 15) is 18.0 Å². The summed E-state index contributed by atoms with van der Waals surface area (Å²) < 4.78 is 28.0. The van der Waals surface area contributed by atoms with Crippen LogP contribution in [0.15, 0.2) is 53.4 Å². The van der Waals surface area contributed by atoms with E-state index in [1.807, 2.05) is 44.2 Å². The first-order chi connectivity index (χ1) is 15.7. The number of fused-ring (bicyclic) bond motifs is 1. The summed E-state index contributed by atoms with van der Waals surface area (Å²) in [4.78, 5) is 26.7. The molecule has 0 unspecified atom stereocenters. The van der Waals surface area contributed by atoms with Crippen molar-refractivity contribution in [3.05, 3.63) is 59.7 Å². The van der Waals surface area contributed by atoms with Gasteiger partial charge in [-0.3, -0.25) is 9.59 Å². The van der Waals surface area contributed by atoms with E-state index in [-0.39, 0.29) is 34.7 Å². The Balaban J connectivity index is 1.40. The van der Waals surface area contributed by atoms with Crippen molar-refractivity contribution in [1.29, 1.82) is 0 Å². The van der Waals surface area contributed by atoms with E-state index in [0.717, 1.165) is 16.8 Å². The SMILES string of the molecule is CC(=O)N1c2ccc(S(=O)(=O)N3CCC(C(=O)N[C@@H](C)c4ccccc4)CC3)cc2C[C@H]1C. The van der Waals surface area contributed by atoms with Crippen LogP contribution in [0.1, 0.15) is 50.8 Å². The van der Waals surface area contributed by atoms with Crippen LogP contribution in [0.4, 0.5) is 5.69 Å². The highest BCUT2D eigenvalue weighted by Crippen LogP contribution is 2.35. The van der Waals surface area contributed by atoms with Crippen LogP contribution in [0.3, 0.4) is 0 Å². The van der Waals surface area contributed by atoms with Crippen molar-refractivity contribution in [2.75, 3.05) is 18.0 Å². The zero-order chi connectivity index (χ0) is 23.8. The predicted octanol–water partition coefficient (Wildman–Crippen LogP) is 3.26. The molecule has 2 heterocycles. The lowest BCUT2D eigenvalue weighted by Crippen LogP contribution is -2.43. The van der Waals surface area contributed by atoms with Crippen molar-refractivity contribution in [2.24, 2.45) is 5.92 Å². The molecule has 2 aliphatic rings. The lowest BCUT2D eigenvalue weighted by atomic mass is 9.96. The number of benzene rings is 2. The molecule has 2 aliphatic heterocycles. The minimum absolute atomic E-state index is 0.0167. The van der Waals surface area contributed by atoms with Crippen LogP contribution < -0.4 is 10.2 Å². The maximum atomic E-state index is 13.3. The van der Waals surface area contributed by atoms with Gasteiger partial charge in [0.05, 0.1) is 10.9 Å². The molecule has 2 aromatic carbocycles. The number of piperidine rings is 1. The Labute approximate surface area is 195 Å². The summed E-state index contributed by atoms with van der Waals surface area (Å²) in [5.41, 5.74) is 2.71. The first-order valence-corrected chi connectivity index (χ1v) is 12.9. The third-order valence-corrected chi connectivity index (χ3v) is 8.62. The van der Waals surface area contributed by atoms with Gasteiger partial charge in [-0.15, -0.1) is 0 Å². The van der Waals surface area contributed by atoms with E-state index in [0.29, 0.717) is 32.4 Å². The average Bonchev–Trinajstić information content (AvgIpc) is 3.14. The molecule has 7 nitrogen and oxygen atoms in total. The monoisotopic (exact) mass is 469 g/mol. The lowest BCUT2D eigenvalue weighted by molar-refractivity contribution is -0.126. The number of carbonyl (C=O) groups is 2. The number of hydrogen-bond donors (Lipinski definition) is 1. The van der Waals surface area contributed by atoms with Crippen molar-refractivity contribution < 1.29 is 18.0 Å². The highest BCUT2D eigenvalue weighted by atomic mass is 32.2. The zero-order valence-electron chi connectivity index (χ0n) is 19.3. The molecule has 2 amide bonds. The smallest absolute Gasteiger partial charge is 0.243 e. The van der Waals surface area contributed by atoms with E-state index in [1.165, 1.54) is 11.2 Å². The molecule has 33 heavy (non-hydrogen) atoms. The minimum atomic E-state index is -3.66. The van der Waals surface area contributed by atoms with Gasteiger partial charge < -0.3 is 10.2 Å². The highest BCUT2D eigenvalue weighted by Gasteiger charge is 2.35. The van der Waals surface area contributed by atoms with E-state index in [4.69, 9.17) is 0 Å². The number of rotatable bonds is 5. The van der Waals surface area contributed by atoms with Gasteiger partial charge in [-0.2, -0.15) is 4.31 Å². The molecule has 1 saturated heterocycles. The summed E-state index contributed by atoms with van der Waals surface area (Å²) in [5, 5.41) is 3.06. The van der Waals surface area contributed by atoms with Crippen LogP contribution in [0, 0.1) is 5.92 Å². The summed E-state index contributed by atoms with van der Waals surface area (Å²) in [6.45, 7) is 6.07. The van der Waals surface area contributed by atoms with Crippen LogP contribution in [-0.2, 0) is 26.0 Å². The summed E-state index contributed by atoms with van der Waals surface area (Å²) in [7, 11) is -3.66. The van der Waals surface area contributed by atoms with Crippen LogP contribution in [0.2, 0.25) is 0 Å². The number of carbonyl (C=O) groups excluding carboxylic acids is 2. The Morgan fingerprint density at radius 3 is 2.36 bits per heavy atom. The van der Waals surface area contributed by atoms with Gasteiger partial charge in [-0.05, 0) is 62.4 Å². The van der Waals surface area contributed by atoms with E-state index in [1.54, 1.807) is 23.1 Å². The molecule has 176 valence electrons. The number of nitrogens with zero attached hydrogens (tertiary/aromatic N) is 2. The second-order valence-corrected chi connectivity index (χ2v) is 11.0. The fraction of sp³-hybridized carbons (Fsp3) is 0.440. The second-order valence-electron chi connectivity index (χ2n) is 9.05. The van der Waals surface area contributed by atoms with Crippen LogP contribution in [0.5, 0.6) is 0 Å². The molecule has 0 spiro atoms. The number of amides is 2. The highest BCUT2D eigenvalue weighted by molar-refractivity contribution is 7.89. The first-order valence-electron chi connectivity index (χ1n) is 11.5. The number of anilines is 1. The topological polar surface area (TPSA) is 86.8 Å². The van der Waals surface area contributed by atoms with Gasteiger partial charge in [0.1, 0.15) is 0 Å². The molecule has 0 radical (unpaired) electrons. The third kappa shape index (κ3) is 4.68. The fourth-order valence-electron chi connectivity index (χ4n) is 4.91.